The van der Waals surface area contributed by atoms with Gasteiger partial charge in [-0.25, -0.2) is 0 Å². The van der Waals surface area contributed by atoms with E-state index in [1.54, 1.807) is 11.3 Å². The second-order valence-corrected chi connectivity index (χ2v) is 8.14. The number of carbonyl (C=O) groups is 2. The van der Waals surface area contributed by atoms with E-state index in [4.69, 9.17) is 0 Å². The van der Waals surface area contributed by atoms with E-state index in [2.05, 4.69) is 22.5 Å². The first-order valence-corrected chi connectivity index (χ1v) is 10.4. The third-order valence-electron chi connectivity index (χ3n) is 5.21. The van der Waals surface area contributed by atoms with Crippen LogP contribution in [-0.2, 0) is 17.8 Å². The molecule has 144 valence electrons. The average molecular weight is 401 g/mol. The molecule has 29 heavy (non-hydrogen) atoms. The standard InChI is InChI=1S/C23H19N3O2S/c1-2-16-12-18-21(27)25-20-19(22(28)24-15-9-4-3-5-10-15)17-11-7-6-8-14(17)13-26(20)23(18)29-16/h3-12H,2,13H2,1H3,(H,24,28)(H,25,27). The van der Waals surface area contributed by atoms with Gasteiger partial charge in [-0.05, 0) is 35.7 Å². The monoisotopic (exact) mass is 401 g/mol. The first-order valence-electron chi connectivity index (χ1n) is 9.56. The van der Waals surface area contributed by atoms with Crippen molar-refractivity contribution in [3.63, 3.8) is 0 Å². The number of nitrogens with zero attached hydrogens (tertiary/aromatic N) is 1. The molecule has 3 aromatic rings. The highest BCUT2D eigenvalue weighted by molar-refractivity contribution is 7.16. The van der Waals surface area contributed by atoms with Gasteiger partial charge in [-0.1, -0.05) is 49.4 Å². The van der Waals surface area contributed by atoms with Gasteiger partial charge in [-0.2, -0.15) is 0 Å². The maximum absolute atomic E-state index is 13.3. The summed E-state index contributed by atoms with van der Waals surface area (Å²) in [5.74, 6) is 0.157. The van der Waals surface area contributed by atoms with Crippen LogP contribution >= 0.6 is 11.3 Å². The van der Waals surface area contributed by atoms with Crippen molar-refractivity contribution in [1.29, 1.82) is 0 Å². The molecule has 0 saturated heterocycles. The topological polar surface area (TPSA) is 61.4 Å². The Morgan fingerprint density at radius 3 is 2.66 bits per heavy atom. The van der Waals surface area contributed by atoms with Gasteiger partial charge in [0, 0.05) is 10.6 Å². The number of para-hydroxylation sites is 1. The van der Waals surface area contributed by atoms with E-state index in [9.17, 15) is 9.59 Å². The van der Waals surface area contributed by atoms with Crippen LogP contribution in [0.4, 0.5) is 10.7 Å². The number of thiophene rings is 1. The molecule has 5 rings (SSSR count). The minimum absolute atomic E-state index is 0.161. The first-order chi connectivity index (χ1) is 14.2. The van der Waals surface area contributed by atoms with Gasteiger partial charge in [-0.3, -0.25) is 9.59 Å². The molecule has 0 aliphatic carbocycles. The Balaban J connectivity index is 1.66. The number of fused-ring (bicyclic) bond motifs is 4. The van der Waals surface area contributed by atoms with Crippen molar-refractivity contribution >= 4 is 39.4 Å². The molecule has 2 N–H and O–H groups in total. The summed E-state index contributed by atoms with van der Waals surface area (Å²) in [6, 6.07) is 19.2. The maximum atomic E-state index is 13.3. The third kappa shape index (κ3) is 2.93. The molecule has 0 bridgehead atoms. The molecule has 2 aliphatic heterocycles. The number of aryl methyl sites for hydroxylation is 1. The minimum Gasteiger partial charge on any atom is -0.322 e. The number of anilines is 2. The van der Waals surface area contributed by atoms with Crippen LogP contribution in [0.3, 0.4) is 0 Å². The summed E-state index contributed by atoms with van der Waals surface area (Å²) < 4.78 is 0. The average Bonchev–Trinajstić information content (AvgIpc) is 3.19. The van der Waals surface area contributed by atoms with E-state index < -0.39 is 0 Å². The van der Waals surface area contributed by atoms with E-state index in [1.807, 2.05) is 60.7 Å². The molecule has 3 heterocycles. The van der Waals surface area contributed by atoms with Crippen molar-refractivity contribution in [2.75, 3.05) is 10.2 Å². The molecule has 0 saturated carbocycles. The van der Waals surface area contributed by atoms with E-state index in [-0.39, 0.29) is 11.8 Å². The van der Waals surface area contributed by atoms with Crippen LogP contribution in [0.1, 0.15) is 33.3 Å². The van der Waals surface area contributed by atoms with Gasteiger partial charge in [0.2, 0.25) is 0 Å². The first kappa shape index (κ1) is 17.7. The van der Waals surface area contributed by atoms with E-state index in [1.165, 1.54) is 0 Å². The van der Waals surface area contributed by atoms with Crippen molar-refractivity contribution in [2.24, 2.45) is 0 Å². The lowest BCUT2D eigenvalue weighted by Gasteiger charge is -2.37. The van der Waals surface area contributed by atoms with Gasteiger partial charge in [-0.15, -0.1) is 11.3 Å². The molecule has 0 atom stereocenters. The molecule has 6 heteroatoms. The molecular weight excluding hydrogens is 382 g/mol. The summed E-state index contributed by atoms with van der Waals surface area (Å²) in [4.78, 5) is 29.3. The van der Waals surface area contributed by atoms with Gasteiger partial charge in [0.05, 0.1) is 17.7 Å². The molecule has 0 spiro atoms. The van der Waals surface area contributed by atoms with Gasteiger partial charge in [0.15, 0.2) is 0 Å². The Labute approximate surface area is 172 Å². The predicted octanol–water partition coefficient (Wildman–Crippen LogP) is 4.38. The van der Waals surface area contributed by atoms with E-state index >= 15 is 0 Å². The Hall–Kier alpha value is -3.38. The highest BCUT2D eigenvalue weighted by Gasteiger charge is 2.37. The molecule has 2 aromatic carbocycles. The molecule has 1 aromatic heterocycles. The van der Waals surface area contributed by atoms with Gasteiger partial charge >= 0.3 is 0 Å². The Morgan fingerprint density at radius 2 is 1.86 bits per heavy atom. The zero-order valence-electron chi connectivity index (χ0n) is 15.9. The van der Waals surface area contributed by atoms with Crippen molar-refractivity contribution < 1.29 is 9.59 Å². The summed E-state index contributed by atoms with van der Waals surface area (Å²) in [6.45, 7) is 2.70. The fraction of sp³-hybridized carbons (Fsp3) is 0.130. The second-order valence-electron chi connectivity index (χ2n) is 7.03. The SMILES string of the molecule is CCc1cc2c(s1)N1Cc3ccccc3C(C(=O)Nc3ccccc3)=C1NC2=O. The zero-order valence-corrected chi connectivity index (χ0v) is 16.7. The Kier molecular flexibility index (Phi) is 4.21. The summed E-state index contributed by atoms with van der Waals surface area (Å²) in [7, 11) is 0. The van der Waals surface area contributed by atoms with Gasteiger partial charge in [0.25, 0.3) is 11.8 Å². The lowest BCUT2D eigenvalue weighted by molar-refractivity contribution is -0.111. The highest BCUT2D eigenvalue weighted by Crippen LogP contribution is 2.42. The van der Waals surface area contributed by atoms with Crippen molar-refractivity contribution in [1.82, 2.24) is 5.32 Å². The van der Waals surface area contributed by atoms with Crippen LogP contribution in [0, 0.1) is 0 Å². The number of nitrogens with one attached hydrogen (secondary N) is 2. The van der Waals surface area contributed by atoms with Crippen LogP contribution in [0.2, 0.25) is 0 Å². The smallest absolute Gasteiger partial charge is 0.259 e. The van der Waals surface area contributed by atoms with Crippen LogP contribution in [-0.4, -0.2) is 11.8 Å². The molecule has 0 fully saturated rings. The van der Waals surface area contributed by atoms with Crippen LogP contribution in [0.15, 0.2) is 66.5 Å². The number of hydrogen-bond acceptors (Lipinski definition) is 4. The summed E-state index contributed by atoms with van der Waals surface area (Å²) in [6.07, 6.45) is 0.871. The zero-order chi connectivity index (χ0) is 20.0. The summed E-state index contributed by atoms with van der Waals surface area (Å²) in [5, 5.41) is 6.85. The molecular formula is C23H19N3O2S. The molecule has 0 unspecified atom stereocenters. The number of carbonyl (C=O) groups excluding carboxylic acids is 2. The number of hydrogen-bond donors (Lipinski definition) is 2. The summed E-state index contributed by atoms with van der Waals surface area (Å²) >= 11 is 1.62. The fourth-order valence-corrected chi connectivity index (χ4v) is 4.90. The Bertz CT molecular complexity index is 1160. The minimum atomic E-state index is -0.237. The van der Waals surface area contributed by atoms with Crippen LogP contribution in [0.5, 0.6) is 0 Å². The number of benzene rings is 2. The fourth-order valence-electron chi connectivity index (χ4n) is 3.81. The molecule has 5 nitrogen and oxygen atoms in total. The van der Waals surface area contributed by atoms with Crippen molar-refractivity contribution in [3.8, 4) is 0 Å². The highest BCUT2D eigenvalue weighted by atomic mass is 32.1. The quantitative estimate of drug-likeness (QED) is 0.685. The third-order valence-corrected chi connectivity index (χ3v) is 6.52. The lowest BCUT2D eigenvalue weighted by atomic mass is 9.93. The normalized spacial score (nSPS) is 14.7. The number of amides is 2. The Morgan fingerprint density at radius 1 is 1.10 bits per heavy atom. The van der Waals surface area contributed by atoms with Gasteiger partial charge < -0.3 is 15.5 Å². The van der Waals surface area contributed by atoms with Crippen LogP contribution in [0.25, 0.3) is 5.57 Å². The molecule has 0 radical (unpaired) electrons. The van der Waals surface area contributed by atoms with Crippen molar-refractivity contribution in [3.05, 3.63) is 88.1 Å². The molecule has 2 aliphatic rings. The van der Waals surface area contributed by atoms with Crippen molar-refractivity contribution in [2.45, 2.75) is 19.9 Å². The van der Waals surface area contributed by atoms with Gasteiger partial charge in [0.1, 0.15) is 10.8 Å². The van der Waals surface area contributed by atoms with Crippen LogP contribution < -0.4 is 15.5 Å². The second kappa shape index (κ2) is 6.90. The summed E-state index contributed by atoms with van der Waals surface area (Å²) in [5.41, 5.74) is 3.79. The largest absolute Gasteiger partial charge is 0.322 e. The predicted molar refractivity (Wildman–Crippen MR) is 116 cm³/mol. The van der Waals surface area contributed by atoms with E-state index in [0.717, 1.165) is 27.4 Å². The van der Waals surface area contributed by atoms with E-state index in [0.29, 0.717) is 29.2 Å². The lowest BCUT2D eigenvalue weighted by Crippen LogP contribution is -2.44. The molecule has 2 amide bonds. The number of rotatable bonds is 3. The maximum Gasteiger partial charge on any atom is 0.259 e.